The van der Waals surface area contributed by atoms with Crippen LogP contribution in [0.15, 0.2) is 42.5 Å². The Balaban J connectivity index is 1.66. The molecule has 2 aromatic rings. The molecule has 148 valence electrons. The number of hydrogen-bond donors (Lipinski definition) is 1. The maximum atomic E-state index is 12.2. The highest BCUT2D eigenvalue weighted by molar-refractivity contribution is 5.89. The summed E-state index contributed by atoms with van der Waals surface area (Å²) in [5.74, 6) is -0.619. The average Bonchev–Trinajstić information content (AvgIpc) is 3.09. The van der Waals surface area contributed by atoms with Gasteiger partial charge < -0.3 is 14.7 Å². The Morgan fingerprint density at radius 2 is 1.96 bits per heavy atom. The van der Waals surface area contributed by atoms with Crippen LogP contribution in [0, 0.1) is 5.92 Å². The van der Waals surface area contributed by atoms with E-state index in [9.17, 15) is 14.7 Å². The molecule has 1 aromatic carbocycles. The van der Waals surface area contributed by atoms with E-state index >= 15 is 0 Å². The van der Waals surface area contributed by atoms with Crippen LogP contribution in [0.1, 0.15) is 43.2 Å². The van der Waals surface area contributed by atoms with Crippen molar-refractivity contribution in [3.8, 4) is 11.3 Å². The monoisotopic (exact) mass is 382 g/mol. The molecule has 1 aliphatic heterocycles. The number of pyridine rings is 1. The molecule has 1 unspecified atom stereocenters. The Labute approximate surface area is 165 Å². The van der Waals surface area contributed by atoms with Crippen LogP contribution in [0.25, 0.3) is 11.3 Å². The number of aromatic nitrogens is 1. The van der Waals surface area contributed by atoms with Crippen molar-refractivity contribution in [2.75, 3.05) is 13.1 Å². The summed E-state index contributed by atoms with van der Waals surface area (Å²) < 4.78 is 5.45. The molecular weight excluding hydrogens is 356 g/mol. The van der Waals surface area contributed by atoms with E-state index in [1.807, 2.05) is 45.0 Å². The fraction of sp³-hybridized carbons (Fsp3) is 0.409. The lowest BCUT2D eigenvalue weighted by Gasteiger charge is -2.24. The Morgan fingerprint density at radius 1 is 1.21 bits per heavy atom. The van der Waals surface area contributed by atoms with Crippen molar-refractivity contribution in [2.24, 2.45) is 5.92 Å². The maximum absolute atomic E-state index is 12.2. The van der Waals surface area contributed by atoms with Crippen LogP contribution in [0.4, 0.5) is 4.79 Å². The number of ether oxygens (including phenoxy) is 1. The number of carbonyl (C=O) groups is 2. The number of carbonyl (C=O) groups excluding carboxylic acids is 1. The molecule has 1 saturated heterocycles. The first-order valence-corrected chi connectivity index (χ1v) is 9.49. The van der Waals surface area contributed by atoms with Crippen LogP contribution in [0.2, 0.25) is 0 Å². The number of hydrogen-bond acceptors (Lipinski definition) is 4. The second-order valence-electron chi connectivity index (χ2n) is 8.19. The number of amides is 1. The zero-order chi connectivity index (χ0) is 20.3. The minimum atomic E-state index is -0.953. The zero-order valence-electron chi connectivity index (χ0n) is 16.5. The fourth-order valence-electron chi connectivity index (χ4n) is 3.35. The van der Waals surface area contributed by atoms with Gasteiger partial charge in [-0.05, 0) is 63.8 Å². The first kappa shape index (κ1) is 19.9. The van der Waals surface area contributed by atoms with Gasteiger partial charge in [-0.15, -0.1) is 0 Å². The van der Waals surface area contributed by atoms with Gasteiger partial charge in [-0.3, -0.25) is 4.98 Å². The third-order valence-electron chi connectivity index (χ3n) is 4.65. The van der Waals surface area contributed by atoms with Crippen molar-refractivity contribution in [3.05, 3.63) is 53.7 Å². The van der Waals surface area contributed by atoms with Gasteiger partial charge in [-0.25, -0.2) is 9.59 Å². The summed E-state index contributed by atoms with van der Waals surface area (Å²) in [6.07, 6.45) is 1.42. The van der Waals surface area contributed by atoms with E-state index in [0.717, 1.165) is 29.8 Å². The molecule has 6 heteroatoms. The van der Waals surface area contributed by atoms with Gasteiger partial charge in [-0.1, -0.05) is 18.2 Å². The number of aromatic carboxylic acids is 1. The number of likely N-dealkylation sites (tertiary alicyclic amines) is 1. The molecule has 1 aromatic heterocycles. The summed E-state index contributed by atoms with van der Waals surface area (Å²) in [6, 6.07) is 12.6. The van der Waals surface area contributed by atoms with E-state index in [4.69, 9.17) is 9.72 Å². The van der Waals surface area contributed by atoms with Crippen molar-refractivity contribution >= 4 is 12.1 Å². The summed E-state index contributed by atoms with van der Waals surface area (Å²) in [6.45, 7) is 6.96. The van der Waals surface area contributed by atoms with Crippen molar-refractivity contribution in [3.63, 3.8) is 0 Å². The van der Waals surface area contributed by atoms with Gasteiger partial charge in [0.25, 0.3) is 0 Å². The largest absolute Gasteiger partial charge is 0.478 e. The Morgan fingerprint density at radius 3 is 2.68 bits per heavy atom. The molecule has 1 amide bonds. The molecule has 1 fully saturated rings. The second-order valence-corrected chi connectivity index (χ2v) is 8.19. The third-order valence-corrected chi connectivity index (χ3v) is 4.65. The van der Waals surface area contributed by atoms with Gasteiger partial charge in [-0.2, -0.15) is 0 Å². The van der Waals surface area contributed by atoms with Gasteiger partial charge in [0.2, 0.25) is 0 Å². The molecule has 0 saturated carbocycles. The highest BCUT2D eigenvalue weighted by atomic mass is 16.6. The normalized spacial score (nSPS) is 16.8. The second kappa shape index (κ2) is 8.00. The third kappa shape index (κ3) is 5.09. The molecular formula is C22H26N2O4. The van der Waals surface area contributed by atoms with Crippen molar-refractivity contribution < 1.29 is 19.4 Å². The van der Waals surface area contributed by atoms with Crippen LogP contribution in [0.3, 0.4) is 0 Å². The SMILES string of the molecule is CC(C)(C)OC(=O)N1CCC(Cc2cccc(-c3cccc(C(=O)O)c3)n2)C1. The summed E-state index contributed by atoms with van der Waals surface area (Å²) in [7, 11) is 0. The molecule has 0 radical (unpaired) electrons. The minimum Gasteiger partial charge on any atom is -0.478 e. The van der Waals surface area contributed by atoms with E-state index in [-0.39, 0.29) is 11.7 Å². The highest BCUT2D eigenvalue weighted by Gasteiger charge is 2.30. The first-order valence-electron chi connectivity index (χ1n) is 9.49. The first-order chi connectivity index (χ1) is 13.2. The Hall–Kier alpha value is -2.89. The van der Waals surface area contributed by atoms with Crippen molar-refractivity contribution in [1.82, 2.24) is 9.88 Å². The number of benzene rings is 1. The van der Waals surface area contributed by atoms with Crippen LogP contribution in [-0.4, -0.2) is 45.7 Å². The molecule has 2 heterocycles. The lowest BCUT2D eigenvalue weighted by atomic mass is 10.0. The van der Waals surface area contributed by atoms with Crippen LogP contribution < -0.4 is 0 Å². The number of rotatable bonds is 4. The van der Waals surface area contributed by atoms with Gasteiger partial charge in [0.15, 0.2) is 0 Å². The van der Waals surface area contributed by atoms with E-state index in [2.05, 4.69) is 0 Å². The summed E-state index contributed by atoms with van der Waals surface area (Å²) in [5.41, 5.74) is 2.23. The average molecular weight is 382 g/mol. The predicted molar refractivity (Wildman–Crippen MR) is 106 cm³/mol. The van der Waals surface area contributed by atoms with Gasteiger partial charge in [0.05, 0.1) is 11.3 Å². The Bertz CT molecular complexity index is 873. The predicted octanol–water partition coefficient (Wildman–Crippen LogP) is 4.25. The molecule has 3 rings (SSSR count). The zero-order valence-corrected chi connectivity index (χ0v) is 16.5. The van der Waals surface area contributed by atoms with E-state index < -0.39 is 11.6 Å². The Kier molecular flexibility index (Phi) is 5.68. The van der Waals surface area contributed by atoms with Gasteiger partial charge >= 0.3 is 12.1 Å². The molecule has 1 N–H and O–H groups in total. The smallest absolute Gasteiger partial charge is 0.410 e. The number of carboxylic acid groups (broad SMARTS) is 1. The standard InChI is InChI=1S/C22H26N2O4/c1-22(2,3)28-21(27)24-11-10-15(14-24)12-18-8-5-9-19(23-18)16-6-4-7-17(13-16)20(25)26/h4-9,13,15H,10-12,14H2,1-3H3,(H,25,26). The van der Waals surface area contributed by atoms with E-state index in [1.54, 1.807) is 23.1 Å². The fourth-order valence-corrected chi connectivity index (χ4v) is 3.35. The highest BCUT2D eigenvalue weighted by Crippen LogP contribution is 2.24. The quantitative estimate of drug-likeness (QED) is 0.855. The van der Waals surface area contributed by atoms with E-state index in [1.165, 1.54) is 0 Å². The topological polar surface area (TPSA) is 79.7 Å². The lowest BCUT2D eigenvalue weighted by Crippen LogP contribution is -2.35. The summed E-state index contributed by atoms with van der Waals surface area (Å²) in [5, 5.41) is 9.18. The molecule has 1 atom stereocenters. The van der Waals surface area contributed by atoms with Crippen LogP contribution in [-0.2, 0) is 11.2 Å². The van der Waals surface area contributed by atoms with Crippen molar-refractivity contribution in [2.45, 2.75) is 39.2 Å². The molecule has 0 spiro atoms. The molecule has 0 aliphatic carbocycles. The molecule has 28 heavy (non-hydrogen) atoms. The van der Waals surface area contributed by atoms with Crippen molar-refractivity contribution in [1.29, 1.82) is 0 Å². The lowest BCUT2D eigenvalue weighted by molar-refractivity contribution is 0.0288. The van der Waals surface area contributed by atoms with Gasteiger partial charge in [0.1, 0.15) is 5.60 Å². The summed E-state index contributed by atoms with van der Waals surface area (Å²) >= 11 is 0. The number of carboxylic acids is 1. The molecule has 0 bridgehead atoms. The van der Waals surface area contributed by atoms with Crippen LogP contribution >= 0.6 is 0 Å². The minimum absolute atomic E-state index is 0.244. The van der Waals surface area contributed by atoms with Crippen LogP contribution in [0.5, 0.6) is 0 Å². The maximum Gasteiger partial charge on any atom is 0.410 e. The van der Waals surface area contributed by atoms with E-state index in [0.29, 0.717) is 19.0 Å². The van der Waals surface area contributed by atoms with Gasteiger partial charge in [0, 0.05) is 24.3 Å². The molecule has 1 aliphatic rings. The molecule has 6 nitrogen and oxygen atoms in total. The summed E-state index contributed by atoms with van der Waals surface area (Å²) in [4.78, 5) is 29.9. The number of nitrogens with zero attached hydrogens (tertiary/aromatic N) is 2.